The van der Waals surface area contributed by atoms with E-state index < -0.39 is 0 Å². The summed E-state index contributed by atoms with van der Waals surface area (Å²) in [6, 6.07) is 35.3. The molecule has 0 amide bonds. The summed E-state index contributed by atoms with van der Waals surface area (Å²) in [5, 5.41) is 17.0. The van der Waals surface area contributed by atoms with Crippen LogP contribution in [0.25, 0.3) is 12.2 Å². The molecular weight excluding hydrogens is 368 g/mol. The van der Waals surface area contributed by atoms with Crippen molar-refractivity contribution in [3.8, 4) is 0 Å². The van der Waals surface area contributed by atoms with Gasteiger partial charge in [0.25, 0.3) is 0 Å². The fraction of sp³-hybridized carbons (Fsp3) is 0. The van der Waals surface area contributed by atoms with Gasteiger partial charge in [0.2, 0.25) is 0 Å². The first-order chi connectivity index (χ1) is 14.8. The van der Waals surface area contributed by atoms with Crippen LogP contribution in [-0.2, 0) is 0 Å². The second-order valence-corrected chi connectivity index (χ2v) is 6.59. The Morgan fingerprint density at radius 1 is 0.333 bits per heavy atom. The van der Waals surface area contributed by atoms with Crippen molar-refractivity contribution in [2.75, 3.05) is 0 Å². The fourth-order valence-corrected chi connectivity index (χ4v) is 2.72. The van der Waals surface area contributed by atoms with Crippen LogP contribution in [0.5, 0.6) is 0 Å². The van der Waals surface area contributed by atoms with Gasteiger partial charge in [0.1, 0.15) is 0 Å². The molecular formula is C26H20N4. The second kappa shape index (κ2) is 9.85. The molecule has 4 rings (SSSR count). The largest absolute Gasteiger partial charge is 0.151 e. The molecule has 4 heteroatoms. The van der Waals surface area contributed by atoms with Crippen LogP contribution in [0, 0.1) is 0 Å². The third kappa shape index (κ3) is 5.66. The molecule has 0 aromatic heterocycles. The molecule has 0 fully saturated rings. The monoisotopic (exact) mass is 388 g/mol. The average Bonchev–Trinajstić information content (AvgIpc) is 2.83. The third-order valence-corrected chi connectivity index (χ3v) is 4.33. The Kier molecular flexibility index (Phi) is 6.28. The van der Waals surface area contributed by atoms with Gasteiger partial charge in [-0.2, -0.15) is 20.5 Å². The van der Waals surface area contributed by atoms with Gasteiger partial charge < -0.3 is 0 Å². The summed E-state index contributed by atoms with van der Waals surface area (Å²) in [6.45, 7) is 0. The first-order valence-corrected chi connectivity index (χ1v) is 9.67. The minimum atomic E-state index is 0.823. The highest BCUT2D eigenvalue weighted by molar-refractivity contribution is 5.70. The Balaban J connectivity index is 1.36. The molecule has 0 heterocycles. The summed E-state index contributed by atoms with van der Waals surface area (Å²) in [4.78, 5) is 0. The highest BCUT2D eigenvalue weighted by Gasteiger charge is 1.94. The minimum absolute atomic E-state index is 0.823. The van der Waals surface area contributed by atoms with Crippen molar-refractivity contribution >= 4 is 34.9 Å². The summed E-state index contributed by atoms with van der Waals surface area (Å²) in [5.74, 6) is 0. The van der Waals surface area contributed by atoms with Crippen molar-refractivity contribution in [2.45, 2.75) is 0 Å². The quantitative estimate of drug-likeness (QED) is 0.234. The standard InChI is InChI=1S/C26H20N4/c1-3-7-23(8-4-1)27-29-25-17-13-21(14-18-25)11-12-22-15-19-26(20-16-22)30-28-24-9-5-2-6-10-24/h1-20H. The minimum Gasteiger partial charge on any atom is -0.151 e. The summed E-state index contributed by atoms with van der Waals surface area (Å²) in [6.07, 6.45) is 4.14. The van der Waals surface area contributed by atoms with Gasteiger partial charge in [-0.15, -0.1) is 0 Å². The Morgan fingerprint density at radius 3 is 0.967 bits per heavy atom. The SMILES string of the molecule is C(=Cc1ccc(N=Nc2ccccc2)cc1)c1ccc(N=Nc2ccccc2)cc1. The van der Waals surface area contributed by atoms with Crippen LogP contribution >= 0.6 is 0 Å². The normalized spacial score (nSPS) is 11.6. The maximum Gasteiger partial charge on any atom is 0.0857 e. The smallest absolute Gasteiger partial charge is 0.0857 e. The molecule has 0 aliphatic carbocycles. The number of nitrogens with zero attached hydrogens (tertiary/aromatic N) is 4. The van der Waals surface area contributed by atoms with Gasteiger partial charge in [-0.25, -0.2) is 0 Å². The van der Waals surface area contributed by atoms with Gasteiger partial charge >= 0.3 is 0 Å². The van der Waals surface area contributed by atoms with Crippen molar-refractivity contribution in [1.82, 2.24) is 0 Å². The van der Waals surface area contributed by atoms with Crippen molar-refractivity contribution in [3.63, 3.8) is 0 Å². The molecule has 4 aromatic rings. The lowest BCUT2D eigenvalue weighted by molar-refractivity contribution is 1.23. The van der Waals surface area contributed by atoms with Crippen LogP contribution in [0.2, 0.25) is 0 Å². The molecule has 0 radical (unpaired) electrons. The number of benzene rings is 4. The number of hydrogen-bond donors (Lipinski definition) is 0. The zero-order valence-corrected chi connectivity index (χ0v) is 16.3. The third-order valence-electron chi connectivity index (χ3n) is 4.33. The summed E-state index contributed by atoms with van der Waals surface area (Å²) < 4.78 is 0. The van der Waals surface area contributed by atoms with Crippen LogP contribution in [0.15, 0.2) is 130 Å². The zero-order chi connectivity index (χ0) is 20.4. The predicted octanol–water partition coefficient (Wildman–Crippen LogP) is 8.69. The van der Waals surface area contributed by atoms with Crippen LogP contribution in [0.4, 0.5) is 22.7 Å². The van der Waals surface area contributed by atoms with E-state index in [1.54, 1.807) is 0 Å². The van der Waals surface area contributed by atoms with Gasteiger partial charge in [-0.1, -0.05) is 72.8 Å². The maximum atomic E-state index is 4.27. The lowest BCUT2D eigenvalue weighted by atomic mass is 10.1. The van der Waals surface area contributed by atoms with E-state index >= 15 is 0 Å². The Hall–Kier alpha value is -4.18. The van der Waals surface area contributed by atoms with Crippen LogP contribution in [0.3, 0.4) is 0 Å². The van der Waals surface area contributed by atoms with E-state index in [9.17, 15) is 0 Å². The first kappa shape index (κ1) is 19.2. The molecule has 0 unspecified atom stereocenters. The van der Waals surface area contributed by atoms with Gasteiger partial charge in [-0.05, 0) is 59.7 Å². The average molecular weight is 388 g/mol. The van der Waals surface area contributed by atoms with Gasteiger partial charge in [0.15, 0.2) is 0 Å². The Labute approximate surface area is 176 Å². The fourth-order valence-electron chi connectivity index (χ4n) is 2.72. The first-order valence-electron chi connectivity index (χ1n) is 9.67. The molecule has 0 spiro atoms. The van der Waals surface area contributed by atoms with E-state index in [1.807, 2.05) is 109 Å². The molecule has 0 saturated heterocycles. The number of azo groups is 2. The van der Waals surface area contributed by atoms with E-state index in [4.69, 9.17) is 0 Å². The maximum absolute atomic E-state index is 4.27. The van der Waals surface area contributed by atoms with Crippen molar-refractivity contribution in [2.24, 2.45) is 20.5 Å². The van der Waals surface area contributed by atoms with E-state index in [0.29, 0.717) is 0 Å². The van der Waals surface area contributed by atoms with E-state index in [1.165, 1.54) is 0 Å². The summed E-state index contributed by atoms with van der Waals surface area (Å²) in [5.41, 5.74) is 5.53. The predicted molar refractivity (Wildman–Crippen MR) is 123 cm³/mol. The van der Waals surface area contributed by atoms with Gasteiger partial charge in [-0.3, -0.25) is 0 Å². The Bertz CT molecular complexity index is 1050. The molecule has 0 bridgehead atoms. The second-order valence-electron chi connectivity index (χ2n) is 6.59. The highest BCUT2D eigenvalue weighted by Crippen LogP contribution is 2.21. The number of hydrogen-bond acceptors (Lipinski definition) is 4. The van der Waals surface area contributed by atoms with Crippen LogP contribution in [-0.4, -0.2) is 0 Å². The lowest BCUT2D eigenvalue weighted by Gasteiger charge is -1.97. The lowest BCUT2D eigenvalue weighted by Crippen LogP contribution is -1.73. The molecule has 0 N–H and O–H groups in total. The van der Waals surface area contributed by atoms with E-state index in [2.05, 4.69) is 32.6 Å². The van der Waals surface area contributed by atoms with Crippen molar-refractivity contribution < 1.29 is 0 Å². The molecule has 0 atom stereocenters. The molecule has 0 aliphatic heterocycles. The van der Waals surface area contributed by atoms with Crippen molar-refractivity contribution in [3.05, 3.63) is 120 Å². The molecule has 0 aliphatic rings. The van der Waals surface area contributed by atoms with Crippen molar-refractivity contribution in [1.29, 1.82) is 0 Å². The Morgan fingerprint density at radius 2 is 0.633 bits per heavy atom. The summed E-state index contributed by atoms with van der Waals surface area (Å²) >= 11 is 0. The van der Waals surface area contributed by atoms with Crippen LogP contribution < -0.4 is 0 Å². The van der Waals surface area contributed by atoms with Crippen LogP contribution in [0.1, 0.15) is 11.1 Å². The van der Waals surface area contributed by atoms with E-state index in [0.717, 1.165) is 33.9 Å². The molecule has 0 saturated carbocycles. The number of rotatable bonds is 6. The zero-order valence-electron chi connectivity index (χ0n) is 16.3. The van der Waals surface area contributed by atoms with E-state index in [-0.39, 0.29) is 0 Å². The molecule has 30 heavy (non-hydrogen) atoms. The molecule has 144 valence electrons. The molecule has 4 nitrogen and oxygen atoms in total. The topological polar surface area (TPSA) is 49.4 Å². The highest BCUT2D eigenvalue weighted by atomic mass is 15.1. The summed E-state index contributed by atoms with van der Waals surface area (Å²) in [7, 11) is 0. The molecule has 4 aromatic carbocycles. The van der Waals surface area contributed by atoms with Gasteiger partial charge in [0.05, 0.1) is 22.7 Å². The van der Waals surface area contributed by atoms with Gasteiger partial charge in [0, 0.05) is 0 Å².